The quantitative estimate of drug-likeness (QED) is 0.183. The molecule has 2 aliphatic heterocycles. The smallest absolute Gasteiger partial charge is 0.257 e. The molecule has 2 saturated heterocycles. The van der Waals surface area contributed by atoms with Crippen LogP contribution in [0.5, 0.6) is 5.75 Å². The summed E-state index contributed by atoms with van der Waals surface area (Å²) in [6.45, 7) is 0. The summed E-state index contributed by atoms with van der Waals surface area (Å²) in [5.41, 5.74) is 0.514. The molecule has 174 valence electrons. The monoisotopic (exact) mass is 576 g/mol. The highest BCUT2D eigenvalue weighted by atomic mass is 79.9. The summed E-state index contributed by atoms with van der Waals surface area (Å²) in [6.07, 6.45) is 1.60. The highest BCUT2D eigenvalue weighted by molar-refractivity contribution is 9.09. The van der Waals surface area contributed by atoms with Crippen molar-refractivity contribution in [2.75, 3.05) is 5.45 Å². The number of rotatable bonds is 2. The Kier molecular flexibility index (Phi) is 5.20. The summed E-state index contributed by atoms with van der Waals surface area (Å²) in [4.78, 5) is 49.0. The second-order valence-electron chi connectivity index (χ2n) is 8.68. The van der Waals surface area contributed by atoms with E-state index in [2.05, 4.69) is 15.9 Å². The van der Waals surface area contributed by atoms with E-state index in [-0.39, 0.29) is 39.7 Å². The second-order valence-corrected chi connectivity index (χ2v) is 10.9. The molecule has 12 heteroatoms. The number of imide groups is 2. The Morgan fingerprint density at radius 3 is 2.45 bits per heavy atom. The van der Waals surface area contributed by atoms with Crippen molar-refractivity contribution in [1.82, 2.24) is 9.96 Å². The summed E-state index contributed by atoms with van der Waals surface area (Å²) in [6, 6.07) is 4.23. The van der Waals surface area contributed by atoms with E-state index in [1.54, 1.807) is 6.08 Å². The van der Waals surface area contributed by atoms with Crippen LogP contribution >= 0.6 is 50.7 Å². The fourth-order valence-corrected chi connectivity index (χ4v) is 7.44. The van der Waals surface area contributed by atoms with E-state index in [9.17, 15) is 29.5 Å². The number of hydrogen-bond acceptors (Lipinski definition) is 6. The zero-order valence-corrected chi connectivity index (χ0v) is 20.5. The van der Waals surface area contributed by atoms with E-state index < -0.39 is 57.0 Å². The first-order chi connectivity index (χ1) is 15.5. The van der Waals surface area contributed by atoms with Crippen molar-refractivity contribution in [3.8, 4) is 5.75 Å². The summed E-state index contributed by atoms with van der Waals surface area (Å²) in [5, 5.41) is 21.1. The summed E-state index contributed by atoms with van der Waals surface area (Å²) in [7, 11) is 0. The van der Waals surface area contributed by atoms with Crippen molar-refractivity contribution in [2.45, 2.75) is 28.5 Å². The van der Waals surface area contributed by atoms with E-state index in [0.717, 1.165) is 4.90 Å². The average Bonchev–Trinajstić information content (AvgIpc) is 3.08. The molecule has 0 radical (unpaired) electrons. The lowest BCUT2D eigenvalue weighted by Crippen LogP contribution is -2.60. The number of likely N-dealkylation sites (tertiary alicyclic amines) is 1. The first kappa shape index (κ1) is 23.1. The van der Waals surface area contributed by atoms with Gasteiger partial charge in [-0.25, -0.2) is 0 Å². The van der Waals surface area contributed by atoms with Crippen molar-refractivity contribution in [1.29, 1.82) is 0 Å². The number of phenols is 1. The number of hydrogen-bond donors (Lipinski definition) is 2. The van der Waals surface area contributed by atoms with Crippen LogP contribution in [0.2, 0.25) is 5.02 Å². The maximum absolute atomic E-state index is 13.5. The fraction of sp³-hybridized carbons (Fsp3) is 0.429. The molecule has 3 fully saturated rings. The fourth-order valence-electron chi connectivity index (χ4n) is 5.84. The Morgan fingerprint density at radius 2 is 1.79 bits per heavy atom. The molecule has 0 aromatic heterocycles. The van der Waals surface area contributed by atoms with Crippen LogP contribution in [0.4, 0.5) is 0 Å². The third-order valence-electron chi connectivity index (χ3n) is 7.29. The summed E-state index contributed by atoms with van der Waals surface area (Å²) >= 11 is 23.3. The molecule has 1 saturated carbocycles. The number of carbonyl (C=O) groups is 4. The van der Waals surface area contributed by atoms with Crippen LogP contribution in [-0.4, -0.2) is 59.1 Å². The number of benzene rings is 1. The largest absolute Gasteiger partial charge is 0.508 e. The maximum atomic E-state index is 13.5. The van der Waals surface area contributed by atoms with Gasteiger partial charge in [0.1, 0.15) is 5.75 Å². The predicted molar refractivity (Wildman–Crippen MR) is 120 cm³/mol. The van der Waals surface area contributed by atoms with Gasteiger partial charge in [0.05, 0.1) is 17.3 Å². The number of nitrogens with zero attached hydrogens (tertiary/aromatic N) is 2. The van der Waals surface area contributed by atoms with Crippen molar-refractivity contribution in [2.24, 2.45) is 17.8 Å². The van der Waals surface area contributed by atoms with Crippen LogP contribution in [0.15, 0.2) is 29.8 Å². The number of alkyl halides is 3. The molecule has 33 heavy (non-hydrogen) atoms. The SMILES string of the molecule is O=C1C2CC=C3C(CC4(Cl)C(=O)N(CBr)C(=O)C4(Cl)C3c3cc(Cl)ccc3O)C2C(=O)N1O. The molecule has 0 spiro atoms. The Labute approximate surface area is 211 Å². The van der Waals surface area contributed by atoms with Gasteiger partial charge < -0.3 is 5.11 Å². The van der Waals surface area contributed by atoms with Crippen LogP contribution in [0.25, 0.3) is 0 Å². The van der Waals surface area contributed by atoms with Gasteiger partial charge in [0.15, 0.2) is 9.75 Å². The molecule has 6 atom stereocenters. The van der Waals surface area contributed by atoms with Gasteiger partial charge in [0, 0.05) is 16.5 Å². The number of allylic oxidation sites excluding steroid dienone is 2. The summed E-state index contributed by atoms with van der Waals surface area (Å²) < 4.78 is 0. The molecule has 1 aromatic rings. The molecule has 0 bridgehead atoms. The number of hydroxylamine groups is 2. The molecule has 1 aromatic carbocycles. The van der Waals surface area contributed by atoms with E-state index in [0.29, 0.717) is 5.57 Å². The van der Waals surface area contributed by atoms with E-state index in [4.69, 9.17) is 34.8 Å². The van der Waals surface area contributed by atoms with Gasteiger partial charge >= 0.3 is 0 Å². The summed E-state index contributed by atoms with van der Waals surface area (Å²) in [5.74, 6) is -6.95. The topological polar surface area (TPSA) is 115 Å². The first-order valence-corrected chi connectivity index (χ1v) is 12.3. The minimum Gasteiger partial charge on any atom is -0.508 e. The minimum atomic E-state index is -2.03. The molecule has 4 amide bonds. The first-order valence-electron chi connectivity index (χ1n) is 10.0. The number of carbonyl (C=O) groups excluding carboxylic acids is 4. The highest BCUT2D eigenvalue weighted by Crippen LogP contribution is 2.66. The number of amides is 4. The van der Waals surface area contributed by atoms with Crippen LogP contribution < -0.4 is 0 Å². The second kappa shape index (κ2) is 7.42. The minimum absolute atomic E-state index is 0.105. The van der Waals surface area contributed by atoms with Gasteiger partial charge in [-0.3, -0.25) is 29.3 Å². The van der Waals surface area contributed by atoms with Crippen LogP contribution in [0.1, 0.15) is 24.3 Å². The lowest BCUT2D eigenvalue weighted by Gasteiger charge is -2.50. The van der Waals surface area contributed by atoms with Gasteiger partial charge in [0.2, 0.25) is 0 Å². The highest BCUT2D eigenvalue weighted by Gasteiger charge is 2.76. The number of fused-ring (bicyclic) bond motifs is 4. The van der Waals surface area contributed by atoms with Crippen molar-refractivity contribution >= 4 is 74.4 Å². The molecule has 8 nitrogen and oxygen atoms in total. The Morgan fingerprint density at radius 1 is 1.09 bits per heavy atom. The van der Waals surface area contributed by atoms with E-state index >= 15 is 0 Å². The average molecular weight is 579 g/mol. The molecule has 4 aliphatic rings. The molecule has 2 heterocycles. The molecular weight excluding hydrogens is 563 g/mol. The Bertz CT molecular complexity index is 1180. The molecule has 2 N–H and O–H groups in total. The number of phenolic OH excluding ortho intramolecular Hbond substituents is 1. The third-order valence-corrected chi connectivity index (χ3v) is 9.44. The van der Waals surface area contributed by atoms with Gasteiger partial charge in [-0.15, -0.1) is 23.2 Å². The van der Waals surface area contributed by atoms with Crippen molar-refractivity contribution in [3.63, 3.8) is 0 Å². The van der Waals surface area contributed by atoms with E-state index in [1.165, 1.54) is 18.2 Å². The Hall–Kier alpha value is -1.65. The molecule has 6 unspecified atom stereocenters. The zero-order valence-electron chi connectivity index (χ0n) is 16.7. The number of aromatic hydroxyl groups is 1. The lowest BCUT2D eigenvalue weighted by atomic mass is 9.56. The Balaban J connectivity index is 1.78. The van der Waals surface area contributed by atoms with Gasteiger partial charge in [-0.2, -0.15) is 5.06 Å². The molecular formula is C21H16BrCl3N2O6. The number of halogens is 4. The van der Waals surface area contributed by atoms with Crippen LogP contribution in [-0.2, 0) is 19.2 Å². The molecule has 5 rings (SSSR count). The van der Waals surface area contributed by atoms with Crippen molar-refractivity contribution in [3.05, 3.63) is 40.4 Å². The van der Waals surface area contributed by atoms with Gasteiger partial charge in [-0.1, -0.05) is 39.2 Å². The zero-order chi connectivity index (χ0) is 24.0. The van der Waals surface area contributed by atoms with E-state index in [1.807, 2.05) is 0 Å². The van der Waals surface area contributed by atoms with Gasteiger partial charge in [-0.05, 0) is 37.0 Å². The lowest BCUT2D eigenvalue weighted by molar-refractivity contribution is -0.173. The normalized spacial score (nSPS) is 37.8. The standard InChI is InChI=1S/C21H16BrCl3N2O6/c22-7-26-18(31)20(24)6-12-9(2-3-10-14(12)17(30)27(33)16(10)29)15(21(20,25)19(26)32)11-5-8(23)1-4-13(11)28/h1-2,4-5,10,12,14-15,28,33H,3,6-7H2. The predicted octanol–water partition coefficient (Wildman–Crippen LogP) is 3.15. The maximum Gasteiger partial charge on any atom is 0.257 e. The van der Waals surface area contributed by atoms with Crippen molar-refractivity contribution < 1.29 is 29.5 Å². The van der Waals surface area contributed by atoms with Crippen LogP contribution in [0.3, 0.4) is 0 Å². The molecule has 2 aliphatic carbocycles. The third kappa shape index (κ3) is 2.74. The van der Waals surface area contributed by atoms with Gasteiger partial charge in [0.25, 0.3) is 23.6 Å². The van der Waals surface area contributed by atoms with Crippen LogP contribution in [0, 0.1) is 17.8 Å².